The standard InChI is InChI=1S/C48H36N4/c1-31(51-47(36-16-8-5-9-17-36)52-46(50)35-14-6-4-7-15-35)44-39-19-11-10-13-33(39)25-27-40(44)34-23-21-32(22-24-34)37-26-28-41-43(29-37)48(2,3)42-20-12-18-38(30-49)45(41)42/h4-29H,1H2,2-3H3,(H2,50,51,52). The second-order valence-electron chi connectivity index (χ2n) is 13.6. The van der Waals surface area contributed by atoms with Crippen LogP contribution < -0.4 is 5.73 Å². The first-order valence-electron chi connectivity index (χ1n) is 17.4. The highest BCUT2D eigenvalue weighted by molar-refractivity contribution is 6.13. The third-order valence-electron chi connectivity index (χ3n) is 10.1. The topological polar surface area (TPSA) is 74.5 Å². The lowest BCUT2D eigenvalue weighted by Crippen LogP contribution is -2.16. The van der Waals surface area contributed by atoms with E-state index < -0.39 is 0 Å². The van der Waals surface area contributed by atoms with Crippen LogP contribution in [0.1, 0.15) is 47.2 Å². The highest BCUT2D eigenvalue weighted by Gasteiger charge is 2.37. The average Bonchev–Trinajstić information content (AvgIpc) is 3.43. The van der Waals surface area contributed by atoms with Gasteiger partial charge in [-0.05, 0) is 61.8 Å². The summed E-state index contributed by atoms with van der Waals surface area (Å²) in [5, 5.41) is 12.0. The van der Waals surface area contributed by atoms with Crippen molar-refractivity contribution in [2.45, 2.75) is 19.3 Å². The van der Waals surface area contributed by atoms with Crippen LogP contribution in [0, 0.1) is 11.3 Å². The number of nitrogens with zero attached hydrogens (tertiary/aromatic N) is 3. The SMILES string of the molecule is C=C(/N=C(\N=C(/N)c1ccccc1)c1ccccc1)c1c(-c2ccc(-c3ccc4c(c3)C(C)(C)c3cccc(C#N)c3-4)cc2)ccc2ccccc12. The van der Waals surface area contributed by atoms with Gasteiger partial charge in [0.2, 0.25) is 0 Å². The van der Waals surface area contributed by atoms with Gasteiger partial charge in [0.25, 0.3) is 0 Å². The van der Waals surface area contributed by atoms with Crippen molar-refractivity contribution < 1.29 is 0 Å². The Kier molecular flexibility index (Phi) is 8.18. The zero-order valence-corrected chi connectivity index (χ0v) is 29.1. The number of amidine groups is 2. The van der Waals surface area contributed by atoms with Gasteiger partial charge in [0.15, 0.2) is 5.84 Å². The number of hydrogen-bond donors (Lipinski definition) is 1. The van der Waals surface area contributed by atoms with Crippen LogP contribution in [0.15, 0.2) is 174 Å². The van der Waals surface area contributed by atoms with E-state index in [2.05, 4.69) is 99.3 Å². The Bertz CT molecular complexity index is 2610. The lowest BCUT2D eigenvalue weighted by molar-refractivity contribution is 0.660. The molecule has 1 aliphatic carbocycles. The molecular weight excluding hydrogens is 633 g/mol. The molecule has 0 unspecified atom stereocenters. The first-order chi connectivity index (χ1) is 25.3. The average molecular weight is 669 g/mol. The van der Waals surface area contributed by atoms with Crippen molar-refractivity contribution in [2.75, 3.05) is 0 Å². The summed E-state index contributed by atoms with van der Waals surface area (Å²) in [5.41, 5.74) is 19.2. The summed E-state index contributed by atoms with van der Waals surface area (Å²) in [5.74, 6) is 0.874. The van der Waals surface area contributed by atoms with Gasteiger partial charge in [-0.15, -0.1) is 0 Å². The van der Waals surface area contributed by atoms with Crippen LogP contribution in [-0.4, -0.2) is 11.7 Å². The van der Waals surface area contributed by atoms with Gasteiger partial charge in [0, 0.05) is 27.7 Å². The fourth-order valence-corrected chi connectivity index (χ4v) is 7.44. The van der Waals surface area contributed by atoms with E-state index in [0.29, 0.717) is 17.4 Å². The second-order valence-corrected chi connectivity index (χ2v) is 13.6. The minimum Gasteiger partial charge on any atom is -0.383 e. The van der Waals surface area contributed by atoms with E-state index in [1.807, 2.05) is 84.9 Å². The maximum Gasteiger partial charge on any atom is 0.162 e. The number of nitrogens with two attached hydrogens (primary N) is 1. The summed E-state index contributed by atoms with van der Waals surface area (Å²) in [6, 6.07) is 56.0. The molecule has 0 aromatic heterocycles. The summed E-state index contributed by atoms with van der Waals surface area (Å²) < 4.78 is 0. The molecule has 4 heteroatoms. The number of fused-ring (bicyclic) bond motifs is 4. The summed E-state index contributed by atoms with van der Waals surface area (Å²) >= 11 is 0. The van der Waals surface area contributed by atoms with Crippen molar-refractivity contribution in [2.24, 2.45) is 15.7 Å². The van der Waals surface area contributed by atoms with E-state index in [1.54, 1.807) is 0 Å². The molecule has 0 fully saturated rings. The fraction of sp³-hybridized carbons (Fsp3) is 0.0625. The molecule has 0 radical (unpaired) electrons. The quantitative estimate of drug-likeness (QED) is 0.141. The number of aliphatic imine (C=N–C) groups is 2. The van der Waals surface area contributed by atoms with E-state index >= 15 is 0 Å². The number of benzene rings is 7. The summed E-state index contributed by atoms with van der Waals surface area (Å²) in [7, 11) is 0. The maximum atomic E-state index is 9.86. The van der Waals surface area contributed by atoms with E-state index in [0.717, 1.165) is 66.4 Å². The molecule has 0 atom stereocenters. The van der Waals surface area contributed by atoms with Crippen LogP contribution in [0.25, 0.3) is 49.9 Å². The minimum atomic E-state index is -0.206. The third-order valence-corrected chi connectivity index (χ3v) is 10.1. The van der Waals surface area contributed by atoms with Crippen molar-refractivity contribution in [3.63, 3.8) is 0 Å². The zero-order valence-electron chi connectivity index (χ0n) is 29.1. The number of rotatable bonds is 6. The van der Waals surface area contributed by atoms with Crippen molar-refractivity contribution in [3.05, 3.63) is 198 Å². The van der Waals surface area contributed by atoms with Crippen LogP contribution in [0.5, 0.6) is 0 Å². The van der Waals surface area contributed by atoms with Gasteiger partial charge in [-0.3, -0.25) is 0 Å². The Morgan fingerprint density at radius 2 is 1.25 bits per heavy atom. The van der Waals surface area contributed by atoms with E-state index in [9.17, 15) is 5.26 Å². The molecule has 0 amide bonds. The Balaban J connectivity index is 1.20. The Morgan fingerprint density at radius 1 is 0.615 bits per heavy atom. The van der Waals surface area contributed by atoms with Gasteiger partial charge in [-0.2, -0.15) is 5.26 Å². The molecule has 2 N–H and O–H groups in total. The molecule has 52 heavy (non-hydrogen) atoms. The van der Waals surface area contributed by atoms with Crippen LogP contribution in [0.2, 0.25) is 0 Å². The molecule has 0 heterocycles. The maximum absolute atomic E-state index is 9.86. The van der Waals surface area contributed by atoms with Crippen LogP contribution in [0.4, 0.5) is 0 Å². The van der Waals surface area contributed by atoms with Crippen molar-refractivity contribution in [1.82, 2.24) is 0 Å². The molecule has 7 aromatic rings. The molecule has 7 aromatic carbocycles. The van der Waals surface area contributed by atoms with Gasteiger partial charge >= 0.3 is 0 Å². The highest BCUT2D eigenvalue weighted by Crippen LogP contribution is 2.51. The van der Waals surface area contributed by atoms with Gasteiger partial charge in [-0.1, -0.05) is 166 Å². The predicted molar refractivity (Wildman–Crippen MR) is 216 cm³/mol. The Hall–Kier alpha value is -6.83. The highest BCUT2D eigenvalue weighted by atomic mass is 15.0. The first-order valence-corrected chi connectivity index (χ1v) is 17.4. The van der Waals surface area contributed by atoms with Gasteiger partial charge in [0.1, 0.15) is 5.84 Å². The minimum absolute atomic E-state index is 0.206. The van der Waals surface area contributed by atoms with Gasteiger partial charge in [-0.25, -0.2) is 9.98 Å². The Labute approximate surface area is 304 Å². The van der Waals surface area contributed by atoms with Crippen LogP contribution in [0.3, 0.4) is 0 Å². The molecular formula is C48H36N4. The predicted octanol–water partition coefficient (Wildman–Crippen LogP) is 11.2. The molecule has 0 aliphatic heterocycles. The molecule has 0 spiro atoms. The van der Waals surface area contributed by atoms with E-state index in [4.69, 9.17) is 15.7 Å². The molecule has 8 rings (SSSR count). The van der Waals surface area contributed by atoms with Crippen LogP contribution in [-0.2, 0) is 5.41 Å². The summed E-state index contributed by atoms with van der Waals surface area (Å²) in [6.07, 6.45) is 0. The van der Waals surface area contributed by atoms with Crippen molar-refractivity contribution >= 4 is 28.1 Å². The molecule has 0 saturated heterocycles. The second kappa shape index (κ2) is 13.1. The first kappa shape index (κ1) is 32.4. The normalized spacial score (nSPS) is 13.3. The van der Waals surface area contributed by atoms with Crippen molar-refractivity contribution in [3.8, 4) is 39.4 Å². The third kappa shape index (κ3) is 5.69. The smallest absolute Gasteiger partial charge is 0.162 e. The number of hydrogen-bond acceptors (Lipinski definition) is 2. The van der Waals surface area contributed by atoms with E-state index in [1.165, 1.54) is 11.1 Å². The largest absolute Gasteiger partial charge is 0.383 e. The lowest BCUT2D eigenvalue weighted by Gasteiger charge is -2.22. The molecule has 0 saturated carbocycles. The van der Waals surface area contributed by atoms with Gasteiger partial charge < -0.3 is 5.73 Å². The lowest BCUT2D eigenvalue weighted by atomic mass is 9.81. The molecule has 0 bridgehead atoms. The summed E-state index contributed by atoms with van der Waals surface area (Å²) in [6.45, 7) is 9.02. The van der Waals surface area contributed by atoms with Crippen LogP contribution >= 0.6 is 0 Å². The van der Waals surface area contributed by atoms with E-state index in [-0.39, 0.29) is 5.41 Å². The Morgan fingerprint density at radius 3 is 1.98 bits per heavy atom. The zero-order chi connectivity index (χ0) is 35.8. The number of nitriles is 1. The molecule has 248 valence electrons. The summed E-state index contributed by atoms with van der Waals surface area (Å²) in [4.78, 5) is 9.93. The fourth-order valence-electron chi connectivity index (χ4n) is 7.44. The monoisotopic (exact) mass is 668 g/mol. The molecule has 4 nitrogen and oxygen atoms in total. The molecule has 1 aliphatic rings. The van der Waals surface area contributed by atoms with Crippen molar-refractivity contribution in [1.29, 1.82) is 5.26 Å². The van der Waals surface area contributed by atoms with Gasteiger partial charge in [0.05, 0.1) is 17.3 Å².